The third kappa shape index (κ3) is 2.34. The molecule has 1 heteroatoms. The maximum absolute atomic E-state index is 7.74. The molecule has 0 unspecified atom stereocenters. The van der Waals surface area contributed by atoms with Gasteiger partial charge in [-0.25, -0.2) is 0 Å². The second-order valence-electron chi connectivity index (χ2n) is 4.57. The van der Waals surface area contributed by atoms with Crippen LogP contribution in [0.5, 0.6) is 0 Å². The van der Waals surface area contributed by atoms with E-state index in [1.165, 1.54) is 11.3 Å². The van der Waals surface area contributed by atoms with Crippen LogP contribution in [-0.2, 0) is 0 Å². The van der Waals surface area contributed by atoms with E-state index in [0.29, 0.717) is 5.92 Å². The second-order valence-corrected chi connectivity index (χ2v) is 4.57. The summed E-state index contributed by atoms with van der Waals surface area (Å²) in [6, 6.07) is 8.69. The lowest BCUT2D eigenvalue weighted by Gasteiger charge is -2.31. The minimum absolute atomic E-state index is 0.155. The third-order valence-corrected chi connectivity index (χ3v) is 3.11. The Morgan fingerprint density at radius 2 is 1.87 bits per heavy atom. The summed E-state index contributed by atoms with van der Waals surface area (Å²) < 4.78 is 7.74. The molecule has 1 fully saturated rings. The Labute approximate surface area is 94.5 Å². The zero-order valence-electron chi connectivity index (χ0n) is 10.7. The zero-order chi connectivity index (χ0) is 11.5. The first kappa shape index (κ1) is 9.26. The highest BCUT2D eigenvalue weighted by atomic mass is 15.1. The number of rotatable bonds is 2. The van der Waals surface area contributed by atoms with Crippen molar-refractivity contribution in [3.63, 3.8) is 0 Å². The zero-order valence-corrected chi connectivity index (χ0v) is 9.74. The molecule has 0 N–H and O–H groups in total. The van der Waals surface area contributed by atoms with Gasteiger partial charge >= 0.3 is 0 Å². The van der Waals surface area contributed by atoms with E-state index in [1.807, 2.05) is 0 Å². The highest BCUT2D eigenvalue weighted by Crippen LogP contribution is 2.29. The van der Waals surface area contributed by atoms with Gasteiger partial charge in [0.2, 0.25) is 0 Å². The second kappa shape index (κ2) is 4.69. The molecule has 0 aromatic heterocycles. The maximum Gasteiger partial charge on any atom is 0.0401 e. The Morgan fingerprint density at radius 3 is 2.53 bits per heavy atom. The van der Waals surface area contributed by atoms with E-state index in [2.05, 4.69) is 43.0 Å². The maximum atomic E-state index is 7.74. The number of nitrogens with zero attached hydrogens (tertiary/aromatic N) is 1. The van der Waals surface area contributed by atoms with E-state index in [9.17, 15) is 0 Å². The fourth-order valence-corrected chi connectivity index (χ4v) is 2.26. The molecular formula is C14H21N. The van der Waals surface area contributed by atoms with Gasteiger partial charge in [0.05, 0.1) is 0 Å². The van der Waals surface area contributed by atoms with E-state index in [4.69, 9.17) is 1.37 Å². The van der Waals surface area contributed by atoms with Gasteiger partial charge in [0, 0.05) is 20.1 Å². The quantitative estimate of drug-likeness (QED) is 0.708. The predicted molar refractivity (Wildman–Crippen MR) is 66.6 cm³/mol. The Hall–Kier alpha value is -0.980. The van der Waals surface area contributed by atoms with E-state index >= 15 is 0 Å². The van der Waals surface area contributed by atoms with Crippen LogP contribution >= 0.6 is 0 Å². The van der Waals surface area contributed by atoms with Crippen molar-refractivity contribution in [2.24, 2.45) is 0 Å². The van der Waals surface area contributed by atoms with E-state index in [0.717, 1.165) is 25.9 Å². The molecule has 1 aromatic carbocycles. The highest BCUT2D eigenvalue weighted by molar-refractivity contribution is 5.55. The molecule has 82 valence electrons. The Bertz CT molecular complexity index is 340. The molecule has 0 saturated carbocycles. The van der Waals surface area contributed by atoms with Crippen LogP contribution in [0.25, 0.3) is 0 Å². The first-order valence-electron chi connectivity index (χ1n) is 6.52. The van der Waals surface area contributed by atoms with Crippen molar-refractivity contribution in [2.75, 3.05) is 18.0 Å². The molecule has 0 spiro atoms. The van der Waals surface area contributed by atoms with Gasteiger partial charge in [-0.1, -0.05) is 32.0 Å². The van der Waals surface area contributed by atoms with Gasteiger partial charge in [-0.3, -0.25) is 0 Å². The number of anilines is 1. The van der Waals surface area contributed by atoms with Crippen molar-refractivity contribution < 1.29 is 1.37 Å². The lowest BCUT2D eigenvalue weighted by molar-refractivity contribution is 0.575. The predicted octanol–water partition coefficient (Wildman–Crippen LogP) is 3.80. The molecule has 1 aromatic rings. The lowest BCUT2D eigenvalue weighted by atomic mass is 9.99. The fourth-order valence-electron chi connectivity index (χ4n) is 2.26. The van der Waals surface area contributed by atoms with Gasteiger partial charge in [-0.2, -0.15) is 0 Å². The van der Waals surface area contributed by atoms with Gasteiger partial charge in [-0.15, -0.1) is 0 Å². The normalized spacial score (nSPS) is 19.4. The summed E-state index contributed by atoms with van der Waals surface area (Å²) in [5.74, 6) is 0.574. The number of hydrogen-bond acceptors (Lipinski definition) is 1. The van der Waals surface area contributed by atoms with Crippen molar-refractivity contribution in [3.05, 3.63) is 29.8 Å². The standard InChI is InChI=1S/C14H21N/c1-12(2)13-8-4-5-9-14(13)15-10-6-3-7-11-15/h4-5,8-9,12H,3,6-7,10-11H2,1-2H3/i3D. The van der Waals surface area contributed by atoms with E-state index in [-0.39, 0.29) is 6.40 Å². The minimum Gasteiger partial charge on any atom is -0.371 e. The van der Waals surface area contributed by atoms with Crippen LogP contribution in [0.3, 0.4) is 0 Å². The van der Waals surface area contributed by atoms with Gasteiger partial charge < -0.3 is 4.90 Å². The molecule has 1 nitrogen and oxygen atoms in total. The molecule has 1 aliphatic heterocycles. The topological polar surface area (TPSA) is 3.24 Å². The molecule has 15 heavy (non-hydrogen) atoms. The van der Waals surface area contributed by atoms with Crippen molar-refractivity contribution in [1.82, 2.24) is 0 Å². The summed E-state index contributed by atoms with van der Waals surface area (Å²) in [4.78, 5) is 2.44. The van der Waals surface area contributed by atoms with Crippen LogP contribution in [0.2, 0.25) is 0 Å². The highest BCUT2D eigenvalue weighted by Gasteiger charge is 2.14. The average molecular weight is 204 g/mol. The van der Waals surface area contributed by atoms with Crippen molar-refractivity contribution in [1.29, 1.82) is 0 Å². The van der Waals surface area contributed by atoms with E-state index < -0.39 is 0 Å². The average Bonchev–Trinajstić information content (AvgIpc) is 2.30. The number of piperidine rings is 1. The SMILES string of the molecule is [2H]C1CCN(c2ccccc2C(C)C)CC1. The fraction of sp³-hybridized carbons (Fsp3) is 0.571. The molecule has 0 radical (unpaired) electrons. The van der Waals surface area contributed by atoms with Gasteiger partial charge in [0.15, 0.2) is 0 Å². The van der Waals surface area contributed by atoms with Gasteiger partial charge in [-0.05, 0) is 36.8 Å². The largest absolute Gasteiger partial charge is 0.371 e. The number of benzene rings is 1. The van der Waals surface area contributed by atoms with Crippen LogP contribution in [-0.4, -0.2) is 13.1 Å². The summed E-state index contributed by atoms with van der Waals surface area (Å²) in [6.45, 7) is 6.57. The van der Waals surface area contributed by atoms with Crippen LogP contribution in [0.1, 0.15) is 45.9 Å². The minimum atomic E-state index is 0.155. The summed E-state index contributed by atoms with van der Waals surface area (Å²) >= 11 is 0. The molecule has 0 bridgehead atoms. The third-order valence-electron chi connectivity index (χ3n) is 3.11. The van der Waals surface area contributed by atoms with Crippen LogP contribution in [0.4, 0.5) is 5.69 Å². The van der Waals surface area contributed by atoms with Gasteiger partial charge in [0.1, 0.15) is 0 Å². The molecule has 0 atom stereocenters. The van der Waals surface area contributed by atoms with Gasteiger partial charge in [0.25, 0.3) is 0 Å². The summed E-state index contributed by atoms with van der Waals surface area (Å²) in [7, 11) is 0. The van der Waals surface area contributed by atoms with Crippen LogP contribution in [0.15, 0.2) is 24.3 Å². The Balaban J connectivity index is 2.19. The lowest BCUT2D eigenvalue weighted by Crippen LogP contribution is -2.30. The van der Waals surface area contributed by atoms with Crippen LogP contribution in [0, 0.1) is 0 Å². The van der Waals surface area contributed by atoms with Crippen molar-refractivity contribution >= 4 is 5.69 Å². The first-order valence-corrected chi connectivity index (χ1v) is 5.94. The van der Waals surface area contributed by atoms with Crippen molar-refractivity contribution in [2.45, 2.75) is 39.0 Å². The molecule has 2 rings (SSSR count). The summed E-state index contributed by atoms with van der Waals surface area (Å²) in [5, 5.41) is 0. The molecule has 1 saturated heterocycles. The monoisotopic (exact) mass is 204 g/mol. The molecule has 1 heterocycles. The van der Waals surface area contributed by atoms with Crippen molar-refractivity contribution in [3.8, 4) is 0 Å². The molecule has 0 amide bonds. The first-order chi connectivity index (χ1) is 7.68. The summed E-state index contributed by atoms with van der Waals surface area (Å²) in [5.41, 5.74) is 2.82. The summed E-state index contributed by atoms with van der Waals surface area (Å²) in [6.07, 6.45) is 2.17. The number of hydrogen-bond donors (Lipinski definition) is 0. The Morgan fingerprint density at radius 1 is 1.20 bits per heavy atom. The Kier molecular flexibility index (Phi) is 2.90. The van der Waals surface area contributed by atoms with E-state index in [1.54, 1.807) is 0 Å². The van der Waals surface area contributed by atoms with Crippen LogP contribution < -0.4 is 4.90 Å². The molecule has 0 aliphatic carbocycles. The number of para-hydroxylation sites is 1. The molecule has 1 aliphatic rings. The molecular weight excluding hydrogens is 182 g/mol. The smallest absolute Gasteiger partial charge is 0.0401 e.